The van der Waals surface area contributed by atoms with Gasteiger partial charge in [0.05, 0.1) is 11.6 Å². The quantitative estimate of drug-likeness (QED) is 0.550. The first-order chi connectivity index (χ1) is 14.1. The van der Waals surface area contributed by atoms with Crippen molar-refractivity contribution in [3.8, 4) is 5.75 Å². The molecule has 0 spiro atoms. The van der Waals surface area contributed by atoms with Crippen LogP contribution in [-0.4, -0.2) is 22.5 Å². The lowest BCUT2D eigenvalue weighted by atomic mass is 9.94. The van der Waals surface area contributed by atoms with Crippen LogP contribution in [0.5, 0.6) is 5.75 Å². The smallest absolute Gasteiger partial charge is 0.276 e. The maximum Gasteiger partial charge on any atom is 0.276 e. The van der Waals surface area contributed by atoms with E-state index in [2.05, 4.69) is 17.3 Å². The van der Waals surface area contributed by atoms with Gasteiger partial charge in [-0.3, -0.25) is 4.79 Å². The lowest BCUT2D eigenvalue weighted by Gasteiger charge is -2.35. The minimum Gasteiger partial charge on any atom is -0.489 e. The van der Waals surface area contributed by atoms with Gasteiger partial charge in [0.15, 0.2) is 5.69 Å². The molecule has 0 bridgehead atoms. The van der Waals surface area contributed by atoms with Crippen LogP contribution in [0.15, 0.2) is 59.1 Å². The summed E-state index contributed by atoms with van der Waals surface area (Å²) in [6, 6.07) is 17.4. The molecule has 0 saturated carbocycles. The van der Waals surface area contributed by atoms with E-state index >= 15 is 0 Å². The van der Waals surface area contributed by atoms with Crippen LogP contribution in [0.3, 0.4) is 0 Å². The van der Waals surface area contributed by atoms with Crippen molar-refractivity contribution in [3.63, 3.8) is 0 Å². The Morgan fingerprint density at radius 3 is 2.83 bits per heavy atom. The topological polar surface area (TPSA) is 55.6 Å². The molecule has 150 valence electrons. The molecule has 2 aromatic carbocycles. The van der Waals surface area contributed by atoms with E-state index < -0.39 is 0 Å². The Morgan fingerprint density at radius 2 is 2.03 bits per heavy atom. The molecule has 1 aliphatic heterocycles. The fourth-order valence-electron chi connectivity index (χ4n) is 3.77. The van der Waals surface area contributed by atoms with E-state index in [1.165, 1.54) is 0 Å². The van der Waals surface area contributed by atoms with Crippen LogP contribution in [-0.2, 0) is 6.61 Å². The van der Waals surface area contributed by atoms with Crippen molar-refractivity contribution >= 4 is 17.5 Å². The zero-order valence-electron chi connectivity index (χ0n) is 16.3. The third-order valence-corrected chi connectivity index (χ3v) is 5.55. The van der Waals surface area contributed by atoms with Crippen LogP contribution in [0, 0.1) is 6.92 Å². The summed E-state index contributed by atoms with van der Waals surface area (Å²) in [5, 5.41) is 4.67. The summed E-state index contributed by atoms with van der Waals surface area (Å²) in [4.78, 5) is 15.3. The van der Waals surface area contributed by atoms with Crippen molar-refractivity contribution in [1.29, 1.82) is 0 Å². The summed E-state index contributed by atoms with van der Waals surface area (Å²) in [7, 11) is 0. The number of carbonyl (C=O) groups excluding carboxylic acids is 1. The number of hydrogen-bond acceptors (Lipinski definition) is 4. The average Bonchev–Trinajstić information content (AvgIpc) is 3.13. The van der Waals surface area contributed by atoms with Crippen LogP contribution >= 0.6 is 11.6 Å². The zero-order valence-corrected chi connectivity index (χ0v) is 17.1. The number of hydrogen-bond donors (Lipinski definition) is 0. The second-order valence-electron chi connectivity index (χ2n) is 7.23. The van der Waals surface area contributed by atoms with Gasteiger partial charge in [0, 0.05) is 11.6 Å². The number of nitrogens with zero attached hydrogens (tertiary/aromatic N) is 2. The molecule has 5 nitrogen and oxygen atoms in total. The Kier molecular flexibility index (Phi) is 5.86. The van der Waals surface area contributed by atoms with Gasteiger partial charge < -0.3 is 14.2 Å². The number of amides is 1. The van der Waals surface area contributed by atoms with Crippen LogP contribution in [0.2, 0.25) is 5.02 Å². The highest BCUT2D eigenvalue weighted by molar-refractivity contribution is 6.30. The number of halogens is 1. The Hall–Kier alpha value is -2.79. The summed E-state index contributed by atoms with van der Waals surface area (Å²) in [5.41, 5.74) is 2.15. The van der Waals surface area contributed by atoms with E-state index in [1.54, 1.807) is 19.1 Å². The molecule has 1 amide bonds. The minimum atomic E-state index is -0.111. The SMILES string of the molecule is Cc1onc(C(=O)N2CCCCC2c2ccccc2)c1COc1cccc(Cl)c1. The maximum atomic E-state index is 13.4. The second-order valence-corrected chi connectivity index (χ2v) is 7.67. The molecule has 1 aliphatic rings. The molecule has 0 aliphatic carbocycles. The van der Waals surface area contributed by atoms with Crippen LogP contribution in [0.25, 0.3) is 0 Å². The monoisotopic (exact) mass is 410 g/mol. The third-order valence-electron chi connectivity index (χ3n) is 5.31. The van der Waals surface area contributed by atoms with E-state index in [4.69, 9.17) is 20.9 Å². The molecule has 3 aromatic rings. The number of piperidine rings is 1. The fourth-order valence-corrected chi connectivity index (χ4v) is 3.95. The number of ether oxygens (including phenoxy) is 1. The standard InChI is InChI=1S/C23H23ClN2O3/c1-16-20(15-28-19-11-7-10-18(24)14-19)22(25-29-16)23(27)26-13-6-5-12-21(26)17-8-3-2-4-9-17/h2-4,7-11,14,21H,5-6,12-13,15H2,1H3. The molecule has 29 heavy (non-hydrogen) atoms. The van der Waals surface area contributed by atoms with Crippen LogP contribution in [0.4, 0.5) is 0 Å². The average molecular weight is 411 g/mol. The first kappa shape index (κ1) is 19.5. The lowest BCUT2D eigenvalue weighted by molar-refractivity contribution is 0.0598. The Bertz CT molecular complexity index is 987. The van der Waals surface area contributed by atoms with Gasteiger partial charge in [-0.05, 0) is 49.9 Å². The number of aromatic nitrogens is 1. The zero-order chi connectivity index (χ0) is 20.2. The molecule has 1 unspecified atom stereocenters. The highest BCUT2D eigenvalue weighted by Gasteiger charge is 2.32. The normalized spacial score (nSPS) is 16.6. The van der Waals surface area contributed by atoms with Gasteiger partial charge in [-0.25, -0.2) is 0 Å². The maximum absolute atomic E-state index is 13.4. The Labute approximate surface area is 175 Å². The van der Waals surface area contributed by atoms with Crippen molar-refractivity contribution in [2.24, 2.45) is 0 Å². The highest BCUT2D eigenvalue weighted by Crippen LogP contribution is 2.33. The van der Waals surface area contributed by atoms with E-state index in [-0.39, 0.29) is 18.6 Å². The van der Waals surface area contributed by atoms with Crippen molar-refractivity contribution < 1.29 is 14.1 Å². The van der Waals surface area contributed by atoms with Gasteiger partial charge >= 0.3 is 0 Å². The van der Waals surface area contributed by atoms with Crippen molar-refractivity contribution in [2.75, 3.05) is 6.54 Å². The molecule has 1 atom stereocenters. The van der Waals surface area contributed by atoms with E-state index in [1.807, 2.05) is 35.2 Å². The molecule has 1 fully saturated rings. The number of rotatable bonds is 5. The number of likely N-dealkylation sites (tertiary alicyclic amines) is 1. The van der Waals surface area contributed by atoms with Crippen molar-refractivity contribution in [2.45, 2.75) is 38.8 Å². The van der Waals surface area contributed by atoms with Gasteiger partial charge in [-0.2, -0.15) is 0 Å². The van der Waals surface area contributed by atoms with Gasteiger partial charge in [0.2, 0.25) is 0 Å². The fraction of sp³-hybridized carbons (Fsp3) is 0.304. The Morgan fingerprint density at radius 1 is 1.21 bits per heavy atom. The highest BCUT2D eigenvalue weighted by atomic mass is 35.5. The van der Waals surface area contributed by atoms with Gasteiger partial charge in [-0.15, -0.1) is 0 Å². The Balaban J connectivity index is 1.56. The van der Waals surface area contributed by atoms with Gasteiger partial charge in [0.1, 0.15) is 18.1 Å². The van der Waals surface area contributed by atoms with Crippen molar-refractivity contribution in [1.82, 2.24) is 10.1 Å². The van der Waals surface area contributed by atoms with E-state index in [0.717, 1.165) is 24.8 Å². The second kappa shape index (κ2) is 8.70. The lowest BCUT2D eigenvalue weighted by Crippen LogP contribution is -2.39. The van der Waals surface area contributed by atoms with Crippen LogP contribution < -0.4 is 4.74 Å². The molecule has 0 radical (unpaired) electrons. The van der Waals surface area contributed by atoms with Gasteiger partial charge in [0.25, 0.3) is 5.91 Å². The first-order valence-electron chi connectivity index (χ1n) is 9.83. The summed E-state index contributed by atoms with van der Waals surface area (Å²) < 4.78 is 11.2. The predicted molar refractivity (Wildman–Crippen MR) is 111 cm³/mol. The number of aryl methyl sites for hydroxylation is 1. The van der Waals surface area contributed by atoms with E-state index in [0.29, 0.717) is 34.3 Å². The molecular formula is C23H23ClN2O3. The third kappa shape index (κ3) is 4.30. The van der Waals surface area contributed by atoms with Gasteiger partial charge in [-0.1, -0.05) is 53.2 Å². The van der Waals surface area contributed by atoms with Crippen molar-refractivity contribution in [3.05, 3.63) is 82.2 Å². The number of benzene rings is 2. The summed E-state index contributed by atoms with van der Waals surface area (Å²) in [5.74, 6) is 1.11. The molecule has 0 N–H and O–H groups in total. The minimum absolute atomic E-state index is 0.0520. The predicted octanol–water partition coefficient (Wildman–Crippen LogP) is 5.58. The number of carbonyl (C=O) groups is 1. The summed E-state index contributed by atoms with van der Waals surface area (Å²) in [6.07, 6.45) is 3.03. The van der Waals surface area contributed by atoms with E-state index in [9.17, 15) is 4.79 Å². The summed E-state index contributed by atoms with van der Waals surface area (Å²) in [6.45, 7) is 2.70. The molecule has 2 heterocycles. The molecule has 1 aromatic heterocycles. The molecule has 4 rings (SSSR count). The molecule has 6 heteroatoms. The largest absolute Gasteiger partial charge is 0.489 e. The first-order valence-corrected chi connectivity index (χ1v) is 10.2. The summed E-state index contributed by atoms with van der Waals surface area (Å²) >= 11 is 6.02. The van der Waals surface area contributed by atoms with Crippen LogP contribution in [0.1, 0.15) is 52.7 Å². The molecular weight excluding hydrogens is 388 g/mol. The molecule has 1 saturated heterocycles.